The van der Waals surface area contributed by atoms with Crippen molar-refractivity contribution in [1.82, 2.24) is 15.1 Å². The van der Waals surface area contributed by atoms with Crippen LogP contribution in [0.25, 0.3) is 0 Å². The molecule has 1 fully saturated rings. The van der Waals surface area contributed by atoms with E-state index in [1.807, 2.05) is 13.8 Å². The molecule has 1 rings (SSSR count). The van der Waals surface area contributed by atoms with Crippen LogP contribution in [0.4, 0.5) is 0 Å². The summed E-state index contributed by atoms with van der Waals surface area (Å²) in [6, 6.07) is -0.279. The Labute approximate surface area is 169 Å². The lowest BCUT2D eigenvalue weighted by atomic mass is 9.92. The van der Waals surface area contributed by atoms with Crippen LogP contribution in [0.1, 0.15) is 54.4 Å². The summed E-state index contributed by atoms with van der Waals surface area (Å²) in [5, 5.41) is 11.9. The molecule has 2 N–H and O–H groups in total. The Morgan fingerprint density at radius 3 is 2.32 bits per heavy atom. The maximum atomic E-state index is 12.7. The zero-order chi connectivity index (χ0) is 21.6. The van der Waals surface area contributed by atoms with Crippen molar-refractivity contribution in [1.29, 1.82) is 0 Å². The number of amides is 2. The van der Waals surface area contributed by atoms with Crippen molar-refractivity contribution in [2.24, 2.45) is 11.8 Å². The van der Waals surface area contributed by atoms with Gasteiger partial charge in [0.1, 0.15) is 0 Å². The van der Waals surface area contributed by atoms with E-state index in [0.717, 1.165) is 19.4 Å². The first-order valence-electron chi connectivity index (χ1n) is 10.2. The average molecular weight is 396 g/mol. The zero-order valence-electron chi connectivity index (χ0n) is 18.4. The normalized spacial score (nSPS) is 22.2. The van der Waals surface area contributed by atoms with Gasteiger partial charge in [0.05, 0.1) is 18.6 Å². The number of carbonyl (C=O) groups excluding carboxylic acids is 2. The van der Waals surface area contributed by atoms with Gasteiger partial charge in [-0.05, 0) is 45.4 Å². The molecule has 0 aromatic heterocycles. The molecule has 7 nitrogen and oxygen atoms in total. The number of piperidine rings is 1. The first-order valence-corrected chi connectivity index (χ1v) is 10.2. The Hall–Kier alpha value is -1.89. The van der Waals surface area contributed by atoms with Gasteiger partial charge in [0.2, 0.25) is 11.8 Å². The minimum Gasteiger partial charge on any atom is -0.478 e. The molecule has 0 aromatic rings. The number of hydrogen-bond acceptors (Lipinski definition) is 4. The first kappa shape index (κ1) is 24.1. The number of hydrogen-bond donors (Lipinski definition) is 2. The van der Waals surface area contributed by atoms with E-state index < -0.39 is 5.97 Å². The number of rotatable bonds is 8. The van der Waals surface area contributed by atoms with Crippen molar-refractivity contribution < 1.29 is 19.5 Å². The van der Waals surface area contributed by atoms with Gasteiger partial charge in [-0.3, -0.25) is 14.5 Å². The predicted molar refractivity (Wildman–Crippen MR) is 110 cm³/mol. The number of likely N-dealkylation sites (tertiary alicyclic amines) is 1. The SMILES string of the molecule is C/C(=C\[C@H](C(C)C)N(C)C(=O)CNC(=O)[C@@H]1CC[C@H](C)CN1C(C)C)C(=O)O. The Bertz CT molecular complexity index is 600. The third-order valence-electron chi connectivity index (χ3n) is 5.52. The van der Waals surface area contributed by atoms with Crippen LogP contribution in [-0.4, -0.2) is 71.0 Å². The summed E-state index contributed by atoms with van der Waals surface area (Å²) in [6.07, 6.45) is 3.39. The van der Waals surface area contributed by atoms with Crippen LogP contribution in [-0.2, 0) is 14.4 Å². The summed E-state index contributed by atoms with van der Waals surface area (Å²) in [7, 11) is 1.65. The van der Waals surface area contributed by atoms with Gasteiger partial charge in [-0.25, -0.2) is 4.79 Å². The average Bonchev–Trinajstić information content (AvgIpc) is 2.62. The molecule has 0 unspecified atom stereocenters. The molecule has 0 radical (unpaired) electrons. The Morgan fingerprint density at radius 1 is 1.21 bits per heavy atom. The van der Waals surface area contributed by atoms with Gasteiger partial charge < -0.3 is 15.3 Å². The minimum absolute atomic E-state index is 0.0511. The smallest absolute Gasteiger partial charge is 0.331 e. The van der Waals surface area contributed by atoms with E-state index in [-0.39, 0.29) is 48.0 Å². The van der Waals surface area contributed by atoms with Crippen LogP contribution in [0.5, 0.6) is 0 Å². The fraction of sp³-hybridized carbons (Fsp3) is 0.762. The van der Waals surface area contributed by atoms with Crippen LogP contribution in [0, 0.1) is 11.8 Å². The summed E-state index contributed by atoms with van der Waals surface area (Å²) in [5.74, 6) is -0.729. The standard InChI is InChI=1S/C21H37N3O4/c1-13(2)18(10-16(6)21(27)28)23(7)19(25)11-22-20(26)17-9-8-15(5)12-24(17)14(3)4/h10,13-15,17-18H,8-9,11-12H2,1-7H3,(H,22,26)(H,27,28)/b16-10+/t15-,17-,18+/m0/s1. The van der Waals surface area contributed by atoms with Crippen molar-refractivity contribution in [3.05, 3.63) is 11.6 Å². The molecule has 28 heavy (non-hydrogen) atoms. The highest BCUT2D eigenvalue weighted by molar-refractivity contribution is 5.88. The maximum Gasteiger partial charge on any atom is 0.331 e. The molecule has 2 amide bonds. The number of aliphatic carboxylic acids is 1. The molecule has 7 heteroatoms. The molecule has 0 bridgehead atoms. The summed E-state index contributed by atoms with van der Waals surface area (Å²) in [6.45, 7) is 12.5. The van der Waals surface area contributed by atoms with E-state index in [4.69, 9.17) is 5.11 Å². The lowest BCUT2D eigenvalue weighted by Crippen LogP contribution is -2.55. The molecule has 0 aliphatic carbocycles. The molecule has 0 spiro atoms. The lowest BCUT2D eigenvalue weighted by molar-refractivity contribution is -0.136. The van der Waals surface area contributed by atoms with Gasteiger partial charge >= 0.3 is 5.97 Å². The second kappa shape index (κ2) is 10.6. The topological polar surface area (TPSA) is 90.0 Å². The van der Waals surface area contributed by atoms with E-state index in [9.17, 15) is 14.4 Å². The fourth-order valence-electron chi connectivity index (χ4n) is 3.69. The molecule has 1 aliphatic heterocycles. The molecular formula is C21H37N3O4. The van der Waals surface area contributed by atoms with Crippen molar-refractivity contribution in [2.45, 2.75) is 72.5 Å². The lowest BCUT2D eigenvalue weighted by Gasteiger charge is -2.40. The van der Waals surface area contributed by atoms with Crippen LogP contribution < -0.4 is 5.32 Å². The monoisotopic (exact) mass is 395 g/mol. The Morgan fingerprint density at radius 2 is 1.82 bits per heavy atom. The van der Waals surface area contributed by atoms with Gasteiger partial charge in [-0.15, -0.1) is 0 Å². The van der Waals surface area contributed by atoms with Gasteiger partial charge in [0.15, 0.2) is 0 Å². The Balaban J connectivity index is 2.74. The van der Waals surface area contributed by atoms with Crippen LogP contribution in [0.3, 0.4) is 0 Å². The number of nitrogens with one attached hydrogen (secondary N) is 1. The second-order valence-corrected chi connectivity index (χ2v) is 8.60. The van der Waals surface area contributed by atoms with Crippen molar-refractivity contribution in [3.8, 4) is 0 Å². The van der Waals surface area contributed by atoms with Crippen molar-refractivity contribution in [3.63, 3.8) is 0 Å². The van der Waals surface area contributed by atoms with Gasteiger partial charge in [0, 0.05) is 25.2 Å². The second-order valence-electron chi connectivity index (χ2n) is 8.60. The van der Waals surface area contributed by atoms with E-state index in [0.29, 0.717) is 5.92 Å². The molecule has 0 aromatic carbocycles. The minimum atomic E-state index is -1.000. The fourth-order valence-corrected chi connectivity index (χ4v) is 3.69. The largest absolute Gasteiger partial charge is 0.478 e. The molecule has 0 saturated carbocycles. The summed E-state index contributed by atoms with van der Waals surface area (Å²) in [4.78, 5) is 40.2. The molecule has 3 atom stereocenters. The maximum absolute atomic E-state index is 12.7. The summed E-state index contributed by atoms with van der Waals surface area (Å²) in [5.41, 5.74) is 0.200. The predicted octanol–water partition coefficient (Wildman–Crippen LogP) is 2.13. The van der Waals surface area contributed by atoms with E-state index >= 15 is 0 Å². The highest BCUT2D eigenvalue weighted by atomic mass is 16.4. The quantitative estimate of drug-likeness (QED) is 0.615. The Kier molecular flexibility index (Phi) is 9.14. The summed E-state index contributed by atoms with van der Waals surface area (Å²) < 4.78 is 0. The molecule has 1 aliphatic rings. The van der Waals surface area contributed by atoms with E-state index in [1.54, 1.807) is 13.1 Å². The number of likely N-dealkylation sites (N-methyl/N-ethyl adjacent to an activating group) is 1. The number of carboxylic acid groups (broad SMARTS) is 1. The van der Waals surface area contributed by atoms with Crippen LogP contribution in [0.2, 0.25) is 0 Å². The first-order chi connectivity index (χ1) is 13.0. The summed E-state index contributed by atoms with van der Waals surface area (Å²) >= 11 is 0. The third kappa shape index (κ3) is 6.62. The highest BCUT2D eigenvalue weighted by Gasteiger charge is 2.33. The van der Waals surface area contributed by atoms with Crippen molar-refractivity contribution >= 4 is 17.8 Å². The number of carboxylic acids is 1. The highest BCUT2D eigenvalue weighted by Crippen LogP contribution is 2.23. The van der Waals surface area contributed by atoms with E-state index in [2.05, 4.69) is 31.0 Å². The number of nitrogens with zero attached hydrogens (tertiary/aromatic N) is 2. The molecule has 1 heterocycles. The number of carbonyl (C=O) groups is 3. The molecule has 160 valence electrons. The van der Waals surface area contributed by atoms with Crippen LogP contribution >= 0.6 is 0 Å². The molecule has 1 saturated heterocycles. The van der Waals surface area contributed by atoms with Crippen molar-refractivity contribution in [2.75, 3.05) is 20.1 Å². The molecular weight excluding hydrogens is 358 g/mol. The third-order valence-corrected chi connectivity index (χ3v) is 5.52. The van der Waals surface area contributed by atoms with Gasteiger partial charge in [0.25, 0.3) is 0 Å². The van der Waals surface area contributed by atoms with Gasteiger partial charge in [-0.2, -0.15) is 0 Å². The van der Waals surface area contributed by atoms with E-state index in [1.165, 1.54) is 11.8 Å². The van der Waals surface area contributed by atoms with Crippen LogP contribution in [0.15, 0.2) is 11.6 Å². The van der Waals surface area contributed by atoms with Gasteiger partial charge in [-0.1, -0.05) is 26.8 Å². The zero-order valence-corrected chi connectivity index (χ0v) is 18.4.